The average molecular weight is 293 g/mol. The molecule has 0 aliphatic heterocycles. The molecule has 0 amide bonds. The average Bonchev–Trinajstić information content (AvgIpc) is 3.19. The van der Waals surface area contributed by atoms with Crippen LogP contribution >= 0.6 is 0 Å². The van der Waals surface area contributed by atoms with E-state index in [0.717, 1.165) is 24.0 Å². The Balaban J connectivity index is 1.99. The maximum absolute atomic E-state index is 11.8. The van der Waals surface area contributed by atoms with Crippen LogP contribution in [0.3, 0.4) is 0 Å². The van der Waals surface area contributed by atoms with Gasteiger partial charge in [0.25, 0.3) is 10.2 Å². The molecule has 1 aromatic rings. The molecule has 6 heteroatoms. The molecule has 0 radical (unpaired) electrons. The zero-order chi connectivity index (χ0) is 14.6. The summed E-state index contributed by atoms with van der Waals surface area (Å²) in [6, 6.07) is 7.26. The van der Waals surface area contributed by atoms with Crippen LogP contribution in [0, 0.1) is 11.8 Å². The first-order chi connectivity index (χ1) is 9.50. The van der Waals surface area contributed by atoms with E-state index in [4.69, 9.17) is 5.73 Å². The van der Waals surface area contributed by atoms with Crippen LogP contribution in [0.1, 0.15) is 36.9 Å². The fourth-order valence-electron chi connectivity index (χ4n) is 1.76. The lowest BCUT2D eigenvalue weighted by atomic mass is 10.1. The monoisotopic (exact) mass is 293 g/mol. The van der Waals surface area contributed by atoms with Crippen molar-refractivity contribution in [1.82, 2.24) is 9.44 Å². The molecule has 0 heterocycles. The molecule has 1 aliphatic rings. The molecule has 1 fully saturated rings. The highest BCUT2D eigenvalue weighted by Crippen LogP contribution is 2.20. The van der Waals surface area contributed by atoms with E-state index in [1.165, 1.54) is 0 Å². The molecule has 2 rings (SSSR count). The summed E-state index contributed by atoms with van der Waals surface area (Å²) in [4.78, 5) is 0. The van der Waals surface area contributed by atoms with Gasteiger partial charge in [0.2, 0.25) is 0 Å². The molecule has 0 bridgehead atoms. The van der Waals surface area contributed by atoms with Crippen molar-refractivity contribution in [3.05, 3.63) is 35.4 Å². The normalized spacial score (nSPS) is 16.3. The van der Waals surface area contributed by atoms with Gasteiger partial charge < -0.3 is 5.73 Å². The highest BCUT2D eigenvalue weighted by Gasteiger charge is 2.27. The van der Waals surface area contributed by atoms with Gasteiger partial charge in [-0.2, -0.15) is 17.9 Å². The lowest BCUT2D eigenvalue weighted by molar-refractivity contribution is 0.551. The van der Waals surface area contributed by atoms with Crippen LogP contribution in [-0.2, 0) is 10.2 Å². The maximum Gasteiger partial charge on any atom is 0.277 e. The molecule has 1 unspecified atom stereocenters. The van der Waals surface area contributed by atoms with E-state index in [1.807, 2.05) is 31.2 Å². The van der Waals surface area contributed by atoms with Crippen molar-refractivity contribution in [2.24, 2.45) is 5.73 Å². The van der Waals surface area contributed by atoms with Gasteiger partial charge in [0.1, 0.15) is 0 Å². The number of rotatable bonds is 5. The Bertz CT molecular complexity index is 610. The van der Waals surface area contributed by atoms with Crippen molar-refractivity contribution in [3.8, 4) is 11.8 Å². The van der Waals surface area contributed by atoms with Crippen LogP contribution in [0.2, 0.25) is 0 Å². The maximum atomic E-state index is 11.8. The standard InChI is InChI=1S/C14H19N3O2S/c1-11(16-20(18,19)17-14-8-9-14)13-6-4-12(5-7-13)3-2-10-15/h4-7,11,14,16-17H,8-10,15H2,1H3. The predicted molar refractivity (Wildman–Crippen MR) is 79.0 cm³/mol. The third-order valence-corrected chi connectivity index (χ3v) is 4.28. The SMILES string of the molecule is CC(NS(=O)(=O)NC1CC1)c1ccc(C#CCN)cc1. The minimum atomic E-state index is -3.43. The second-order valence-corrected chi connectivity index (χ2v) is 6.34. The van der Waals surface area contributed by atoms with Gasteiger partial charge in [-0.15, -0.1) is 0 Å². The van der Waals surface area contributed by atoms with E-state index < -0.39 is 10.2 Å². The molecule has 108 valence electrons. The van der Waals surface area contributed by atoms with Crippen molar-refractivity contribution in [2.75, 3.05) is 6.54 Å². The number of nitrogens with two attached hydrogens (primary N) is 1. The molecular formula is C14H19N3O2S. The summed E-state index contributed by atoms with van der Waals surface area (Å²) >= 11 is 0. The van der Waals surface area contributed by atoms with E-state index in [0.29, 0.717) is 6.54 Å². The van der Waals surface area contributed by atoms with E-state index in [-0.39, 0.29) is 12.1 Å². The van der Waals surface area contributed by atoms with Gasteiger partial charge in [-0.1, -0.05) is 24.0 Å². The minimum Gasteiger partial charge on any atom is -0.320 e. The predicted octanol–water partition coefficient (Wildman–Crippen LogP) is 0.644. The first-order valence-corrected chi connectivity index (χ1v) is 8.07. The van der Waals surface area contributed by atoms with Crippen LogP contribution in [0.25, 0.3) is 0 Å². The summed E-state index contributed by atoms with van der Waals surface area (Å²) in [7, 11) is -3.43. The quantitative estimate of drug-likeness (QED) is 0.697. The molecule has 1 aromatic carbocycles. The molecule has 5 nitrogen and oxygen atoms in total. The Morgan fingerprint density at radius 1 is 1.35 bits per heavy atom. The van der Waals surface area contributed by atoms with Crippen molar-refractivity contribution in [2.45, 2.75) is 31.8 Å². The van der Waals surface area contributed by atoms with Crippen molar-refractivity contribution in [3.63, 3.8) is 0 Å². The lowest BCUT2D eigenvalue weighted by Crippen LogP contribution is -2.39. The van der Waals surface area contributed by atoms with Gasteiger partial charge in [0.15, 0.2) is 0 Å². The van der Waals surface area contributed by atoms with Crippen LogP contribution in [0.15, 0.2) is 24.3 Å². The van der Waals surface area contributed by atoms with Gasteiger partial charge in [-0.25, -0.2) is 0 Å². The molecule has 1 aliphatic carbocycles. The third-order valence-electron chi connectivity index (χ3n) is 2.98. The minimum absolute atomic E-state index is 0.105. The summed E-state index contributed by atoms with van der Waals surface area (Å²) in [6.07, 6.45) is 1.84. The largest absolute Gasteiger partial charge is 0.320 e. The Labute approximate surface area is 120 Å². The van der Waals surface area contributed by atoms with E-state index in [2.05, 4.69) is 21.3 Å². The van der Waals surface area contributed by atoms with Crippen molar-refractivity contribution >= 4 is 10.2 Å². The molecular weight excluding hydrogens is 274 g/mol. The molecule has 1 atom stereocenters. The summed E-state index contributed by atoms with van der Waals surface area (Å²) in [5.41, 5.74) is 7.07. The van der Waals surface area contributed by atoms with Crippen LogP contribution in [0.5, 0.6) is 0 Å². The first kappa shape index (κ1) is 15.0. The highest BCUT2D eigenvalue weighted by atomic mass is 32.2. The zero-order valence-corrected chi connectivity index (χ0v) is 12.2. The second kappa shape index (κ2) is 6.37. The third kappa shape index (κ3) is 4.62. The molecule has 1 saturated carbocycles. The lowest BCUT2D eigenvalue weighted by Gasteiger charge is -2.15. The fraction of sp³-hybridized carbons (Fsp3) is 0.429. The highest BCUT2D eigenvalue weighted by molar-refractivity contribution is 7.87. The Hall–Kier alpha value is -1.39. The van der Waals surface area contributed by atoms with Gasteiger partial charge in [0.05, 0.1) is 6.54 Å². The molecule has 4 N–H and O–H groups in total. The topological polar surface area (TPSA) is 84.2 Å². The fourth-order valence-corrected chi connectivity index (χ4v) is 3.11. The van der Waals surface area contributed by atoms with Crippen molar-refractivity contribution in [1.29, 1.82) is 0 Å². The number of benzene rings is 1. The Morgan fingerprint density at radius 2 is 2.00 bits per heavy atom. The van der Waals surface area contributed by atoms with Gasteiger partial charge in [0, 0.05) is 17.6 Å². The number of hydrogen-bond acceptors (Lipinski definition) is 3. The van der Waals surface area contributed by atoms with Gasteiger partial charge >= 0.3 is 0 Å². The zero-order valence-electron chi connectivity index (χ0n) is 11.4. The summed E-state index contributed by atoms with van der Waals surface area (Å²) in [6.45, 7) is 2.14. The smallest absolute Gasteiger partial charge is 0.277 e. The molecule has 0 saturated heterocycles. The van der Waals surface area contributed by atoms with Gasteiger partial charge in [-0.05, 0) is 37.5 Å². The Morgan fingerprint density at radius 3 is 2.55 bits per heavy atom. The molecule has 0 spiro atoms. The Kier molecular flexibility index (Phi) is 4.78. The molecule has 20 heavy (non-hydrogen) atoms. The van der Waals surface area contributed by atoms with Crippen LogP contribution in [0.4, 0.5) is 0 Å². The summed E-state index contributed by atoms with van der Waals surface area (Å²) in [5.74, 6) is 5.70. The van der Waals surface area contributed by atoms with E-state index in [1.54, 1.807) is 0 Å². The second-order valence-electron chi connectivity index (χ2n) is 4.86. The van der Waals surface area contributed by atoms with Crippen molar-refractivity contribution < 1.29 is 8.42 Å². The van der Waals surface area contributed by atoms with Gasteiger partial charge in [-0.3, -0.25) is 0 Å². The summed E-state index contributed by atoms with van der Waals surface area (Å²) < 4.78 is 28.8. The van der Waals surface area contributed by atoms with E-state index >= 15 is 0 Å². The summed E-state index contributed by atoms with van der Waals surface area (Å²) in [5, 5.41) is 0. The molecule has 0 aromatic heterocycles. The number of hydrogen-bond donors (Lipinski definition) is 3. The van der Waals surface area contributed by atoms with Crippen LogP contribution in [-0.4, -0.2) is 21.0 Å². The first-order valence-electron chi connectivity index (χ1n) is 6.58. The van der Waals surface area contributed by atoms with E-state index in [9.17, 15) is 8.42 Å². The van der Waals surface area contributed by atoms with Crippen LogP contribution < -0.4 is 15.2 Å². The number of nitrogens with one attached hydrogen (secondary N) is 2.